The number of hydrogen-bond donors (Lipinski definition) is 0. The van der Waals surface area contributed by atoms with Crippen molar-refractivity contribution in [1.82, 2.24) is 0 Å². The Balaban J connectivity index is 2.01. The summed E-state index contributed by atoms with van der Waals surface area (Å²) in [5.41, 5.74) is 1.43. The van der Waals surface area contributed by atoms with Crippen molar-refractivity contribution in [2.45, 2.75) is 0 Å². The maximum atomic E-state index is 7.08. The van der Waals surface area contributed by atoms with Crippen molar-refractivity contribution in [3.63, 3.8) is 0 Å². The maximum absolute atomic E-state index is 7.08. The summed E-state index contributed by atoms with van der Waals surface area (Å²) in [7, 11) is 0. The first kappa shape index (κ1) is 13.2. The van der Waals surface area contributed by atoms with E-state index in [0.29, 0.717) is 11.4 Å². The highest BCUT2D eigenvalue weighted by Crippen LogP contribution is 2.30. The minimum absolute atomic E-state index is 0.263. The van der Waals surface area contributed by atoms with Gasteiger partial charge >= 0.3 is 0 Å². The van der Waals surface area contributed by atoms with E-state index in [1.54, 1.807) is 12.1 Å². The summed E-state index contributed by atoms with van der Waals surface area (Å²) in [4.78, 5) is 3.42. The topological polar surface area (TPSA) is 13.6 Å². The lowest BCUT2D eigenvalue weighted by molar-refractivity contribution is 0.372. The second-order valence-corrected chi connectivity index (χ2v) is 4.60. The van der Waals surface area contributed by atoms with Crippen molar-refractivity contribution in [3.05, 3.63) is 70.0 Å². The molecule has 2 nitrogen and oxygen atoms in total. The Kier molecular flexibility index (Phi) is 4.61. The smallest absolute Gasteiger partial charge is 0.229 e. The van der Waals surface area contributed by atoms with Crippen LogP contribution in [0.4, 0.5) is 5.69 Å². The quantitative estimate of drug-likeness (QED) is 0.591. The molecule has 0 aliphatic heterocycles. The second-order valence-electron chi connectivity index (χ2n) is 3.68. The zero-order chi connectivity index (χ0) is 13.5. The lowest BCUT2D eigenvalue weighted by Gasteiger charge is -2.04. The first-order valence-electron chi connectivity index (χ1n) is 5.63. The average molecular weight is 312 g/mol. The van der Waals surface area contributed by atoms with Crippen LogP contribution in [0.5, 0.6) is 5.75 Å². The molecular formula is C16H10BrNO. The fourth-order valence-corrected chi connectivity index (χ4v) is 1.82. The Hall–Kier alpha value is -2.23. The summed E-state index contributed by atoms with van der Waals surface area (Å²) in [5, 5.41) is 0. The van der Waals surface area contributed by atoms with E-state index in [0.717, 1.165) is 10.0 Å². The predicted octanol–water partition coefficient (Wildman–Crippen LogP) is 4.43. The summed E-state index contributed by atoms with van der Waals surface area (Å²) < 4.78 is 6.36. The van der Waals surface area contributed by atoms with Gasteiger partial charge < -0.3 is 4.74 Å². The average Bonchev–Trinajstić information content (AvgIpc) is 2.46. The van der Waals surface area contributed by atoms with Crippen LogP contribution < -0.4 is 4.74 Å². The second kappa shape index (κ2) is 6.64. The summed E-state index contributed by atoms with van der Waals surface area (Å²) in [6, 6.07) is 15.1. The molecule has 2 rings (SSSR count). The molecule has 92 valence electrons. The van der Waals surface area contributed by atoms with Crippen LogP contribution >= 0.6 is 15.9 Å². The zero-order valence-corrected chi connectivity index (χ0v) is 11.6. The molecular weight excluding hydrogens is 302 g/mol. The van der Waals surface area contributed by atoms with Gasteiger partial charge in [0, 0.05) is 10.0 Å². The Morgan fingerprint density at radius 1 is 1.16 bits per heavy atom. The summed E-state index contributed by atoms with van der Waals surface area (Å²) in [6.07, 6.45) is 0. The van der Waals surface area contributed by atoms with Crippen molar-refractivity contribution in [3.8, 4) is 17.6 Å². The summed E-state index contributed by atoms with van der Waals surface area (Å²) in [6.45, 7) is 7.35. The third-order valence-corrected chi connectivity index (χ3v) is 2.84. The molecule has 2 aromatic rings. The largest absolute Gasteiger partial charge is 0.492 e. The monoisotopic (exact) mass is 311 g/mol. The first-order chi connectivity index (χ1) is 9.29. The molecule has 0 atom stereocenters. The van der Waals surface area contributed by atoms with Gasteiger partial charge in [0.05, 0.1) is 6.57 Å². The lowest BCUT2D eigenvalue weighted by Crippen LogP contribution is -1.94. The molecule has 0 bridgehead atoms. The van der Waals surface area contributed by atoms with Crippen LogP contribution in [0.3, 0.4) is 0 Å². The van der Waals surface area contributed by atoms with Crippen molar-refractivity contribution < 1.29 is 4.74 Å². The number of nitrogens with zero attached hydrogens (tertiary/aromatic N) is 1. The van der Waals surface area contributed by atoms with E-state index in [2.05, 4.69) is 32.6 Å². The molecule has 0 unspecified atom stereocenters. The fraction of sp³-hybridized carbons (Fsp3) is 0.0625. The molecule has 0 aromatic heterocycles. The van der Waals surface area contributed by atoms with Crippen LogP contribution in [0, 0.1) is 18.4 Å². The molecule has 0 radical (unpaired) electrons. The van der Waals surface area contributed by atoms with Gasteiger partial charge in [-0.15, -0.1) is 0 Å². The highest BCUT2D eigenvalue weighted by Gasteiger charge is 2.02. The van der Waals surface area contributed by atoms with Gasteiger partial charge in [0.25, 0.3) is 0 Å². The van der Waals surface area contributed by atoms with E-state index in [1.165, 1.54) is 0 Å². The highest BCUT2D eigenvalue weighted by atomic mass is 79.9. The van der Waals surface area contributed by atoms with E-state index in [9.17, 15) is 0 Å². The highest BCUT2D eigenvalue weighted by molar-refractivity contribution is 9.10. The van der Waals surface area contributed by atoms with E-state index in [1.807, 2.05) is 36.4 Å². The molecule has 0 aliphatic rings. The number of benzene rings is 2. The predicted molar refractivity (Wildman–Crippen MR) is 79.2 cm³/mol. The van der Waals surface area contributed by atoms with Gasteiger partial charge in [-0.2, -0.15) is 0 Å². The molecule has 0 spiro atoms. The van der Waals surface area contributed by atoms with Gasteiger partial charge in [0.15, 0.2) is 0 Å². The number of hydrogen-bond acceptors (Lipinski definition) is 1. The molecule has 0 amide bonds. The van der Waals surface area contributed by atoms with Gasteiger partial charge in [-0.05, 0) is 30.3 Å². The van der Waals surface area contributed by atoms with Crippen LogP contribution in [0.25, 0.3) is 4.85 Å². The van der Waals surface area contributed by atoms with Crippen LogP contribution in [0.15, 0.2) is 53.0 Å². The Morgan fingerprint density at radius 2 is 1.95 bits per heavy atom. The van der Waals surface area contributed by atoms with Crippen LogP contribution in [0.1, 0.15) is 5.56 Å². The molecule has 0 heterocycles. The molecule has 0 saturated carbocycles. The van der Waals surface area contributed by atoms with Crippen molar-refractivity contribution in [1.29, 1.82) is 0 Å². The Morgan fingerprint density at radius 3 is 2.68 bits per heavy atom. The van der Waals surface area contributed by atoms with Crippen LogP contribution in [0.2, 0.25) is 0 Å². The maximum Gasteiger partial charge on any atom is 0.229 e. The van der Waals surface area contributed by atoms with Crippen LogP contribution in [-0.4, -0.2) is 6.61 Å². The van der Waals surface area contributed by atoms with Gasteiger partial charge in [-0.3, -0.25) is 0 Å². The SMILES string of the molecule is [C-]#[N+]c1cc(Br)ccc1OCC#Cc1ccccc1. The molecule has 2 aromatic carbocycles. The minimum Gasteiger partial charge on any atom is -0.492 e. The molecule has 0 saturated heterocycles. The normalized spacial score (nSPS) is 9.05. The van der Waals surface area contributed by atoms with E-state index >= 15 is 0 Å². The van der Waals surface area contributed by atoms with E-state index in [-0.39, 0.29) is 6.61 Å². The Labute approximate surface area is 121 Å². The molecule has 3 heteroatoms. The van der Waals surface area contributed by atoms with Crippen molar-refractivity contribution in [2.75, 3.05) is 6.61 Å². The lowest BCUT2D eigenvalue weighted by atomic mass is 10.2. The molecule has 0 aliphatic carbocycles. The fourth-order valence-electron chi connectivity index (χ4n) is 1.47. The number of ether oxygens (including phenoxy) is 1. The van der Waals surface area contributed by atoms with E-state index < -0.39 is 0 Å². The zero-order valence-electron chi connectivity index (χ0n) is 10.1. The van der Waals surface area contributed by atoms with Gasteiger partial charge in [-0.1, -0.05) is 46.0 Å². The molecule has 0 N–H and O–H groups in total. The van der Waals surface area contributed by atoms with Gasteiger partial charge in [0.1, 0.15) is 12.4 Å². The van der Waals surface area contributed by atoms with Gasteiger partial charge in [-0.25, -0.2) is 4.85 Å². The first-order valence-corrected chi connectivity index (χ1v) is 6.42. The third kappa shape index (κ3) is 3.88. The number of halogens is 1. The molecule has 0 fully saturated rings. The summed E-state index contributed by atoms with van der Waals surface area (Å²) >= 11 is 3.32. The van der Waals surface area contributed by atoms with E-state index in [4.69, 9.17) is 11.3 Å². The van der Waals surface area contributed by atoms with Crippen LogP contribution in [-0.2, 0) is 0 Å². The number of rotatable bonds is 2. The molecule has 19 heavy (non-hydrogen) atoms. The Bertz CT molecular complexity index is 663. The van der Waals surface area contributed by atoms with Crippen molar-refractivity contribution in [2.24, 2.45) is 0 Å². The van der Waals surface area contributed by atoms with Gasteiger partial charge in [0.2, 0.25) is 5.69 Å². The summed E-state index contributed by atoms with van der Waals surface area (Å²) in [5.74, 6) is 6.49. The standard InChI is InChI=1S/C16H10BrNO/c1-18-15-12-14(17)9-10-16(15)19-11-5-8-13-6-3-2-4-7-13/h2-4,6-7,9-10,12H,11H2. The third-order valence-electron chi connectivity index (χ3n) is 2.35. The minimum atomic E-state index is 0.263. The van der Waals surface area contributed by atoms with Crippen molar-refractivity contribution >= 4 is 21.6 Å².